The zero-order valence-electron chi connectivity index (χ0n) is 17.3. The van der Waals surface area contributed by atoms with Gasteiger partial charge in [-0.2, -0.15) is 0 Å². The maximum absolute atomic E-state index is 12.7. The zero-order chi connectivity index (χ0) is 20.8. The van der Waals surface area contributed by atoms with E-state index < -0.39 is 0 Å². The molecule has 2 aromatic rings. The summed E-state index contributed by atoms with van der Waals surface area (Å²) < 4.78 is 11.3. The average Bonchev–Trinajstić information content (AvgIpc) is 2.98. The van der Waals surface area contributed by atoms with Crippen LogP contribution in [0.5, 0.6) is 11.5 Å². The van der Waals surface area contributed by atoms with Crippen LogP contribution in [0.1, 0.15) is 31.9 Å². The molecule has 0 bridgehead atoms. The Morgan fingerprint density at radius 2 is 1.69 bits per heavy atom. The Bertz CT molecular complexity index is 936. The molecule has 1 amide bonds. The molecule has 0 aliphatic carbocycles. The molecule has 1 aliphatic heterocycles. The van der Waals surface area contributed by atoms with Crippen LogP contribution in [0, 0.1) is 0 Å². The van der Waals surface area contributed by atoms with E-state index in [9.17, 15) is 4.79 Å². The van der Waals surface area contributed by atoms with Crippen LogP contribution in [0.2, 0.25) is 0 Å². The second kappa shape index (κ2) is 9.65. The van der Waals surface area contributed by atoms with E-state index in [2.05, 4.69) is 24.0 Å². The van der Waals surface area contributed by atoms with Crippen molar-refractivity contribution >= 4 is 34.6 Å². The molecule has 0 spiro atoms. The fraction of sp³-hybridized carbons (Fsp3) is 0.304. The van der Waals surface area contributed by atoms with Crippen molar-refractivity contribution in [2.75, 3.05) is 20.3 Å². The summed E-state index contributed by atoms with van der Waals surface area (Å²) in [5.41, 5.74) is 2.98. The van der Waals surface area contributed by atoms with Crippen molar-refractivity contribution in [3.05, 3.63) is 58.5 Å². The number of hydrogen-bond donors (Lipinski definition) is 0. The smallest absolute Gasteiger partial charge is 0.266 e. The highest BCUT2D eigenvalue weighted by molar-refractivity contribution is 8.18. The molecule has 1 heterocycles. The van der Waals surface area contributed by atoms with Gasteiger partial charge in [0.1, 0.15) is 0 Å². The van der Waals surface area contributed by atoms with Gasteiger partial charge in [0.2, 0.25) is 0 Å². The largest absolute Gasteiger partial charge is 0.490 e. The molecule has 1 fully saturated rings. The van der Waals surface area contributed by atoms with E-state index in [0.29, 0.717) is 34.8 Å². The van der Waals surface area contributed by atoms with Crippen molar-refractivity contribution in [1.82, 2.24) is 4.90 Å². The molecule has 0 saturated carbocycles. The van der Waals surface area contributed by atoms with Gasteiger partial charge in [0.15, 0.2) is 16.7 Å². The molecular weight excluding hydrogens is 384 g/mol. The Kier molecular flexibility index (Phi) is 6.99. The van der Waals surface area contributed by atoms with Gasteiger partial charge in [-0.25, -0.2) is 4.99 Å². The maximum atomic E-state index is 12.7. The van der Waals surface area contributed by atoms with Crippen LogP contribution in [0.3, 0.4) is 0 Å². The van der Waals surface area contributed by atoms with E-state index in [4.69, 9.17) is 9.47 Å². The Balaban J connectivity index is 1.85. The van der Waals surface area contributed by atoms with Gasteiger partial charge in [-0.05, 0) is 73.5 Å². The summed E-state index contributed by atoms with van der Waals surface area (Å²) in [6.07, 6.45) is 2.85. The fourth-order valence-electron chi connectivity index (χ4n) is 2.88. The molecule has 0 N–H and O–H groups in total. The van der Waals surface area contributed by atoms with Crippen LogP contribution in [-0.4, -0.2) is 36.2 Å². The molecule has 3 rings (SSSR count). The number of nitrogens with zero attached hydrogens (tertiary/aromatic N) is 2. The molecule has 29 heavy (non-hydrogen) atoms. The third-order valence-electron chi connectivity index (χ3n) is 4.44. The summed E-state index contributed by atoms with van der Waals surface area (Å²) in [6.45, 7) is 7.10. The van der Waals surface area contributed by atoms with Gasteiger partial charge in [0.05, 0.1) is 23.8 Å². The molecule has 152 valence electrons. The molecule has 0 radical (unpaired) electrons. The fourth-order valence-corrected chi connectivity index (χ4v) is 3.86. The van der Waals surface area contributed by atoms with E-state index >= 15 is 0 Å². The van der Waals surface area contributed by atoms with Gasteiger partial charge in [-0.3, -0.25) is 9.69 Å². The lowest BCUT2D eigenvalue weighted by Crippen LogP contribution is -2.23. The number of rotatable bonds is 7. The molecule has 0 aromatic heterocycles. The highest BCUT2D eigenvalue weighted by atomic mass is 32.2. The minimum atomic E-state index is -0.0641. The first kappa shape index (κ1) is 21.0. The van der Waals surface area contributed by atoms with Crippen molar-refractivity contribution < 1.29 is 14.3 Å². The molecule has 0 unspecified atom stereocenters. The summed E-state index contributed by atoms with van der Waals surface area (Å²) in [5.74, 6) is 1.32. The SMILES string of the molecule is CCOc1ccc(/C=C2/SC(=Nc3ccc(CC)cc3)N(C)C2=O)cc1OCC. The summed E-state index contributed by atoms with van der Waals surface area (Å²) in [7, 11) is 1.75. The number of aliphatic imine (C=N–C) groups is 1. The van der Waals surface area contributed by atoms with Crippen LogP contribution >= 0.6 is 11.8 Å². The third-order valence-corrected chi connectivity index (χ3v) is 5.50. The van der Waals surface area contributed by atoms with Gasteiger partial charge in [-0.1, -0.05) is 25.1 Å². The molecule has 6 heteroatoms. The summed E-state index contributed by atoms with van der Waals surface area (Å²) in [5, 5.41) is 0.668. The number of amides is 1. The van der Waals surface area contributed by atoms with Crippen LogP contribution in [0.15, 0.2) is 52.4 Å². The number of carbonyl (C=O) groups is 1. The van der Waals surface area contributed by atoms with Crippen LogP contribution in [0.25, 0.3) is 6.08 Å². The van der Waals surface area contributed by atoms with E-state index in [-0.39, 0.29) is 5.91 Å². The lowest BCUT2D eigenvalue weighted by Gasteiger charge is -2.11. The lowest BCUT2D eigenvalue weighted by atomic mass is 10.1. The number of thioether (sulfide) groups is 1. The average molecular weight is 411 g/mol. The number of amidine groups is 1. The van der Waals surface area contributed by atoms with Gasteiger partial charge in [0.25, 0.3) is 5.91 Å². The first-order valence-corrected chi connectivity index (χ1v) is 10.6. The monoisotopic (exact) mass is 410 g/mol. The number of aryl methyl sites for hydroxylation is 1. The predicted molar refractivity (Wildman–Crippen MR) is 120 cm³/mol. The minimum absolute atomic E-state index is 0.0641. The van der Waals surface area contributed by atoms with Crippen molar-refractivity contribution in [1.29, 1.82) is 0 Å². The lowest BCUT2D eigenvalue weighted by molar-refractivity contribution is -0.121. The highest BCUT2D eigenvalue weighted by Crippen LogP contribution is 2.35. The van der Waals surface area contributed by atoms with E-state index in [1.54, 1.807) is 11.9 Å². The van der Waals surface area contributed by atoms with E-state index in [1.165, 1.54) is 17.3 Å². The number of likely N-dealkylation sites (N-methyl/N-ethyl adjacent to an activating group) is 1. The standard InChI is InChI=1S/C23H26N2O3S/c1-5-16-8-11-18(12-9-16)24-23-25(4)22(26)21(29-23)15-17-10-13-19(27-6-2)20(14-17)28-7-3/h8-15H,5-7H2,1-4H3/b21-15+,24-23?. The molecule has 0 atom stereocenters. The van der Waals surface area contributed by atoms with Crippen molar-refractivity contribution in [3.8, 4) is 11.5 Å². The van der Waals surface area contributed by atoms with Gasteiger partial charge < -0.3 is 9.47 Å². The summed E-state index contributed by atoms with van der Waals surface area (Å²) in [4.78, 5) is 19.5. The van der Waals surface area contributed by atoms with E-state index in [1.807, 2.05) is 50.3 Å². The normalized spacial score (nSPS) is 16.7. The second-order valence-corrected chi connectivity index (χ2v) is 7.47. The van der Waals surface area contributed by atoms with Gasteiger partial charge in [0, 0.05) is 7.05 Å². The van der Waals surface area contributed by atoms with Crippen molar-refractivity contribution in [2.24, 2.45) is 4.99 Å². The first-order valence-electron chi connectivity index (χ1n) is 9.80. The minimum Gasteiger partial charge on any atom is -0.490 e. The predicted octanol–water partition coefficient (Wildman–Crippen LogP) is 5.28. The number of ether oxygens (including phenoxy) is 2. The van der Waals surface area contributed by atoms with Gasteiger partial charge in [-0.15, -0.1) is 0 Å². The summed E-state index contributed by atoms with van der Waals surface area (Å²) >= 11 is 1.38. The Morgan fingerprint density at radius 1 is 1.00 bits per heavy atom. The zero-order valence-corrected chi connectivity index (χ0v) is 18.1. The van der Waals surface area contributed by atoms with Crippen LogP contribution in [-0.2, 0) is 11.2 Å². The van der Waals surface area contributed by atoms with Crippen molar-refractivity contribution in [2.45, 2.75) is 27.2 Å². The Labute approximate surface area is 176 Å². The highest BCUT2D eigenvalue weighted by Gasteiger charge is 2.30. The molecule has 1 aliphatic rings. The molecule has 5 nitrogen and oxygen atoms in total. The maximum Gasteiger partial charge on any atom is 0.266 e. The molecular formula is C23H26N2O3S. The topological polar surface area (TPSA) is 51.1 Å². The summed E-state index contributed by atoms with van der Waals surface area (Å²) in [6, 6.07) is 13.8. The first-order chi connectivity index (χ1) is 14.0. The Morgan fingerprint density at radius 3 is 2.34 bits per heavy atom. The quantitative estimate of drug-likeness (QED) is 0.583. The number of carbonyl (C=O) groups excluding carboxylic acids is 1. The van der Waals surface area contributed by atoms with Crippen LogP contribution < -0.4 is 9.47 Å². The van der Waals surface area contributed by atoms with Gasteiger partial charge >= 0.3 is 0 Å². The van der Waals surface area contributed by atoms with E-state index in [0.717, 1.165) is 17.7 Å². The number of hydrogen-bond acceptors (Lipinski definition) is 5. The Hall–Kier alpha value is -2.73. The van der Waals surface area contributed by atoms with Crippen LogP contribution in [0.4, 0.5) is 5.69 Å². The molecule has 1 saturated heterocycles. The van der Waals surface area contributed by atoms with Crippen molar-refractivity contribution in [3.63, 3.8) is 0 Å². The number of benzene rings is 2. The third kappa shape index (κ3) is 5.01. The molecule has 2 aromatic carbocycles. The second-order valence-electron chi connectivity index (χ2n) is 6.46.